The van der Waals surface area contributed by atoms with Gasteiger partial charge in [-0.2, -0.15) is 0 Å². The lowest BCUT2D eigenvalue weighted by atomic mass is 10.1. The van der Waals surface area contributed by atoms with Crippen LogP contribution in [-0.2, 0) is 0 Å². The van der Waals surface area contributed by atoms with Crippen molar-refractivity contribution in [2.75, 3.05) is 14.2 Å². The molecular weight excluding hydrogens is 278 g/mol. The van der Waals surface area contributed by atoms with Crippen LogP contribution in [0.15, 0.2) is 42.5 Å². The van der Waals surface area contributed by atoms with E-state index in [0.29, 0.717) is 5.56 Å². The molecule has 0 aromatic heterocycles. The Balaban J connectivity index is 2.08. The van der Waals surface area contributed by atoms with Gasteiger partial charge in [0, 0.05) is 5.56 Å². The number of ether oxygens (including phenoxy) is 2. The zero-order valence-corrected chi connectivity index (χ0v) is 13.3. The first kappa shape index (κ1) is 15.9. The molecule has 0 aliphatic carbocycles. The van der Waals surface area contributed by atoms with Crippen LogP contribution in [0.2, 0.25) is 0 Å². The Morgan fingerprint density at radius 2 is 1.73 bits per heavy atom. The van der Waals surface area contributed by atoms with Crippen molar-refractivity contribution in [3.8, 4) is 11.5 Å². The Labute approximate surface area is 131 Å². The average molecular weight is 299 g/mol. The molecule has 0 heterocycles. The topological polar surface area (TPSA) is 47.6 Å². The third-order valence-electron chi connectivity index (χ3n) is 3.62. The molecule has 2 aromatic carbocycles. The maximum absolute atomic E-state index is 12.3. The highest BCUT2D eigenvalue weighted by Gasteiger charge is 2.12. The van der Waals surface area contributed by atoms with Gasteiger partial charge in [-0.15, -0.1) is 0 Å². The molecule has 0 saturated heterocycles. The quantitative estimate of drug-likeness (QED) is 0.919. The standard InChI is InChI=1S/C18H21NO3/c1-12-11-15(7-10-17(12)22-4)18(20)19-13(2)14-5-8-16(21-3)9-6-14/h5-11,13H,1-4H3,(H,19,20)/t13-/m1/s1. The average Bonchev–Trinajstić information content (AvgIpc) is 2.54. The number of amides is 1. The fourth-order valence-corrected chi connectivity index (χ4v) is 2.28. The Bertz CT molecular complexity index is 650. The van der Waals surface area contributed by atoms with Crippen molar-refractivity contribution in [1.82, 2.24) is 5.32 Å². The first-order valence-electron chi connectivity index (χ1n) is 7.14. The van der Waals surface area contributed by atoms with Crippen LogP contribution in [0.5, 0.6) is 11.5 Å². The highest BCUT2D eigenvalue weighted by Crippen LogP contribution is 2.20. The van der Waals surface area contributed by atoms with Gasteiger partial charge < -0.3 is 14.8 Å². The number of carbonyl (C=O) groups excluding carboxylic acids is 1. The Morgan fingerprint density at radius 3 is 2.27 bits per heavy atom. The summed E-state index contributed by atoms with van der Waals surface area (Å²) in [6.07, 6.45) is 0. The molecule has 2 aromatic rings. The number of methoxy groups -OCH3 is 2. The van der Waals surface area contributed by atoms with Crippen LogP contribution >= 0.6 is 0 Å². The normalized spacial score (nSPS) is 11.6. The van der Waals surface area contributed by atoms with Crippen LogP contribution in [0.3, 0.4) is 0 Å². The zero-order valence-electron chi connectivity index (χ0n) is 13.3. The Kier molecular flexibility index (Phi) is 5.04. The van der Waals surface area contributed by atoms with Gasteiger partial charge in [-0.05, 0) is 55.3 Å². The van der Waals surface area contributed by atoms with E-state index in [1.54, 1.807) is 20.3 Å². The first-order valence-corrected chi connectivity index (χ1v) is 7.14. The molecule has 22 heavy (non-hydrogen) atoms. The van der Waals surface area contributed by atoms with Gasteiger partial charge in [0.2, 0.25) is 0 Å². The van der Waals surface area contributed by atoms with Crippen LogP contribution in [0.1, 0.15) is 34.5 Å². The first-order chi connectivity index (χ1) is 10.5. The summed E-state index contributed by atoms with van der Waals surface area (Å²) < 4.78 is 10.3. The molecule has 1 N–H and O–H groups in total. The highest BCUT2D eigenvalue weighted by molar-refractivity contribution is 5.94. The summed E-state index contributed by atoms with van der Waals surface area (Å²) in [6.45, 7) is 3.87. The molecule has 0 saturated carbocycles. The largest absolute Gasteiger partial charge is 0.497 e. The van der Waals surface area contributed by atoms with Crippen LogP contribution in [0.25, 0.3) is 0 Å². The maximum atomic E-state index is 12.3. The number of rotatable bonds is 5. The van der Waals surface area contributed by atoms with E-state index in [-0.39, 0.29) is 11.9 Å². The van der Waals surface area contributed by atoms with Crippen molar-refractivity contribution in [2.24, 2.45) is 0 Å². The summed E-state index contributed by atoms with van der Waals surface area (Å²) in [5.41, 5.74) is 2.59. The predicted octanol–water partition coefficient (Wildman–Crippen LogP) is 3.50. The third-order valence-corrected chi connectivity index (χ3v) is 3.62. The lowest BCUT2D eigenvalue weighted by molar-refractivity contribution is 0.0940. The summed E-state index contributed by atoms with van der Waals surface area (Å²) in [6, 6.07) is 13.0. The number of benzene rings is 2. The highest BCUT2D eigenvalue weighted by atomic mass is 16.5. The smallest absolute Gasteiger partial charge is 0.251 e. The summed E-state index contributed by atoms with van der Waals surface area (Å²) in [4.78, 5) is 12.3. The second kappa shape index (κ2) is 6.98. The molecule has 0 aliphatic rings. The van der Waals surface area contributed by atoms with E-state index in [0.717, 1.165) is 22.6 Å². The molecular formula is C18H21NO3. The van der Waals surface area contributed by atoms with Gasteiger partial charge in [0.25, 0.3) is 5.91 Å². The van der Waals surface area contributed by atoms with Crippen LogP contribution < -0.4 is 14.8 Å². The fraction of sp³-hybridized carbons (Fsp3) is 0.278. The van der Waals surface area contributed by atoms with E-state index in [4.69, 9.17) is 9.47 Å². The molecule has 2 rings (SSSR count). The van der Waals surface area contributed by atoms with Crippen molar-refractivity contribution in [2.45, 2.75) is 19.9 Å². The maximum Gasteiger partial charge on any atom is 0.251 e. The van der Waals surface area contributed by atoms with E-state index in [9.17, 15) is 4.79 Å². The van der Waals surface area contributed by atoms with Gasteiger partial charge in [-0.25, -0.2) is 0 Å². The van der Waals surface area contributed by atoms with Gasteiger partial charge in [-0.1, -0.05) is 12.1 Å². The minimum Gasteiger partial charge on any atom is -0.497 e. The van der Waals surface area contributed by atoms with E-state index in [1.165, 1.54) is 0 Å². The Hall–Kier alpha value is -2.49. The lowest BCUT2D eigenvalue weighted by Gasteiger charge is -2.15. The van der Waals surface area contributed by atoms with Gasteiger partial charge in [0.15, 0.2) is 0 Å². The van der Waals surface area contributed by atoms with Crippen LogP contribution in [0.4, 0.5) is 0 Å². The van der Waals surface area contributed by atoms with Crippen molar-refractivity contribution in [1.29, 1.82) is 0 Å². The van der Waals surface area contributed by atoms with E-state index in [1.807, 2.05) is 50.2 Å². The third kappa shape index (κ3) is 3.58. The number of hydrogen-bond donors (Lipinski definition) is 1. The number of nitrogens with one attached hydrogen (secondary N) is 1. The number of carbonyl (C=O) groups is 1. The zero-order chi connectivity index (χ0) is 16.1. The van der Waals surface area contributed by atoms with E-state index in [2.05, 4.69) is 5.32 Å². The van der Waals surface area contributed by atoms with Gasteiger partial charge in [0.05, 0.1) is 20.3 Å². The Morgan fingerprint density at radius 1 is 1.05 bits per heavy atom. The molecule has 0 fully saturated rings. The van der Waals surface area contributed by atoms with Gasteiger partial charge in [-0.3, -0.25) is 4.79 Å². The van der Waals surface area contributed by atoms with Crippen molar-refractivity contribution >= 4 is 5.91 Å². The minimum atomic E-state index is -0.103. The van der Waals surface area contributed by atoms with Gasteiger partial charge in [0.1, 0.15) is 11.5 Å². The molecule has 0 spiro atoms. The molecule has 0 aliphatic heterocycles. The SMILES string of the molecule is COc1ccc([C@@H](C)NC(=O)c2ccc(OC)c(C)c2)cc1. The van der Waals surface area contributed by atoms with Crippen LogP contribution in [-0.4, -0.2) is 20.1 Å². The molecule has 116 valence electrons. The summed E-state index contributed by atoms with van der Waals surface area (Å²) in [5.74, 6) is 1.47. The molecule has 0 bridgehead atoms. The molecule has 1 atom stereocenters. The van der Waals surface area contributed by atoms with E-state index < -0.39 is 0 Å². The number of hydrogen-bond acceptors (Lipinski definition) is 3. The minimum absolute atomic E-state index is 0.0826. The monoisotopic (exact) mass is 299 g/mol. The second-order valence-corrected chi connectivity index (χ2v) is 5.15. The summed E-state index contributed by atoms with van der Waals surface area (Å²) >= 11 is 0. The fourth-order valence-electron chi connectivity index (χ4n) is 2.28. The van der Waals surface area contributed by atoms with Crippen LogP contribution in [0, 0.1) is 6.92 Å². The predicted molar refractivity (Wildman–Crippen MR) is 86.6 cm³/mol. The molecule has 1 amide bonds. The van der Waals surface area contributed by atoms with Crippen molar-refractivity contribution in [3.05, 3.63) is 59.2 Å². The van der Waals surface area contributed by atoms with Gasteiger partial charge >= 0.3 is 0 Å². The summed E-state index contributed by atoms with van der Waals surface area (Å²) in [5, 5.41) is 2.99. The van der Waals surface area contributed by atoms with E-state index >= 15 is 0 Å². The van der Waals surface area contributed by atoms with Crippen molar-refractivity contribution in [3.63, 3.8) is 0 Å². The molecule has 4 heteroatoms. The number of aryl methyl sites for hydroxylation is 1. The molecule has 0 unspecified atom stereocenters. The summed E-state index contributed by atoms with van der Waals surface area (Å²) in [7, 11) is 3.25. The second-order valence-electron chi connectivity index (χ2n) is 5.15. The molecule has 0 radical (unpaired) electrons. The lowest BCUT2D eigenvalue weighted by Crippen LogP contribution is -2.26. The molecule has 4 nitrogen and oxygen atoms in total. The van der Waals surface area contributed by atoms with Crippen molar-refractivity contribution < 1.29 is 14.3 Å².